The summed E-state index contributed by atoms with van der Waals surface area (Å²) in [5.41, 5.74) is 3.68. The standard InChI is InChI=1S/C17H21NO2S/c1-12-15(21(18,19)20)11-10-14(17(2,3)4)16(12)13-8-6-5-7-9-13/h5-11H,1-4H3,(H2,18,19,20). The van der Waals surface area contributed by atoms with E-state index in [4.69, 9.17) is 5.14 Å². The van der Waals surface area contributed by atoms with Crippen LogP contribution in [0.25, 0.3) is 11.1 Å². The van der Waals surface area contributed by atoms with Crippen LogP contribution in [0.5, 0.6) is 0 Å². The Kier molecular flexibility index (Phi) is 3.95. The molecule has 4 heteroatoms. The van der Waals surface area contributed by atoms with Crippen LogP contribution in [0.15, 0.2) is 47.4 Å². The zero-order chi connectivity index (χ0) is 15.8. The molecule has 2 aromatic carbocycles. The SMILES string of the molecule is Cc1c(S(N)(=O)=O)ccc(C(C)(C)C)c1-c1ccccc1. The van der Waals surface area contributed by atoms with E-state index in [-0.39, 0.29) is 10.3 Å². The minimum absolute atomic E-state index is 0.0905. The summed E-state index contributed by atoms with van der Waals surface area (Å²) in [7, 11) is -3.73. The molecule has 0 amide bonds. The maximum atomic E-state index is 11.8. The molecule has 0 aliphatic carbocycles. The van der Waals surface area contributed by atoms with Gasteiger partial charge in [-0.15, -0.1) is 0 Å². The Hall–Kier alpha value is -1.65. The fourth-order valence-electron chi connectivity index (χ4n) is 2.60. The van der Waals surface area contributed by atoms with E-state index >= 15 is 0 Å². The Balaban J connectivity index is 2.87. The summed E-state index contributed by atoms with van der Waals surface area (Å²) in [6, 6.07) is 13.3. The predicted molar refractivity (Wildman–Crippen MR) is 86.7 cm³/mol. The van der Waals surface area contributed by atoms with Crippen LogP contribution in [0.2, 0.25) is 0 Å². The summed E-state index contributed by atoms with van der Waals surface area (Å²) in [5, 5.41) is 5.34. The van der Waals surface area contributed by atoms with Crippen LogP contribution in [0.1, 0.15) is 31.9 Å². The number of hydrogen-bond donors (Lipinski definition) is 1. The van der Waals surface area contributed by atoms with Gasteiger partial charge in [0.15, 0.2) is 0 Å². The van der Waals surface area contributed by atoms with Gasteiger partial charge in [0.2, 0.25) is 10.0 Å². The fourth-order valence-corrected chi connectivity index (χ4v) is 3.39. The highest BCUT2D eigenvalue weighted by molar-refractivity contribution is 7.89. The summed E-state index contributed by atoms with van der Waals surface area (Å²) in [4.78, 5) is 0.189. The molecule has 0 aromatic heterocycles. The Labute approximate surface area is 126 Å². The minimum atomic E-state index is -3.73. The van der Waals surface area contributed by atoms with Crippen molar-refractivity contribution >= 4 is 10.0 Å². The van der Waals surface area contributed by atoms with Crippen molar-refractivity contribution in [2.45, 2.75) is 38.0 Å². The van der Waals surface area contributed by atoms with E-state index in [0.717, 1.165) is 16.7 Å². The smallest absolute Gasteiger partial charge is 0.225 e. The Morgan fingerprint density at radius 2 is 1.52 bits per heavy atom. The summed E-state index contributed by atoms with van der Waals surface area (Å²) < 4.78 is 23.6. The van der Waals surface area contributed by atoms with Crippen molar-refractivity contribution in [2.24, 2.45) is 5.14 Å². The first-order valence-electron chi connectivity index (χ1n) is 6.84. The highest BCUT2D eigenvalue weighted by Gasteiger charge is 2.24. The highest BCUT2D eigenvalue weighted by atomic mass is 32.2. The van der Waals surface area contributed by atoms with Gasteiger partial charge in [0.25, 0.3) is 0 Å². The van der Waals surface area contributed by atoms with E-state index in [1.165, 1.54) is 0 Å². The zero-order valence-corrected chi connectivity index (χ0v) is 13.7. The second-order valence-electron chi connectivity index (χ2n) is 6.27. The third kappa shape index (κ3) is 3.17. The van der Waals surface area contributed by atoms with E-state index in [9.17, 15) is 8.42 Å². The van der Waals surface area contributed by atoms with E-state index < -0.39 is 10.0 Å². The van der Waals surface area contributed by atoms with E-state index in [1.54, 1.807) is 6.07 Å². The van der Waals surface area contributed by atoms with Gasteiger partial charge in [0.1, 0.15) is 0 Å². The Morgan fingerprint density at radius 3 is 2.00 bits per heavy atom. The van der Waals surface area contributed by atoms with Crippen LogP contribution < -0.4 is 5.14 Å². The lowest BCUT2D eigenvalue weighted by Crippen LogP contribution is -2.18. The Bertz CT molecular complexity index is 757. The van der Waals surface area contributed by atoms with Gasteiger partial charge in [0.05, 0.1) is 4.90 Å². The lowest BCUT2D eigenvalue weighted by Gasteiger charge is -2.25. The first-order valence-corrected chi connectivity index (χ1v) is 8.39. The second kappa shape index (κ2) is 5.28. The topological polar surface area (TPSA) is 60.2 Å². The average Bonchev–Trinajstić information content (AvgIpc) is 2.36. The third-order valence-corrected chi connectivity index (χ3v) is 4.65. The molecule has 0 radical (unpaired) electrons. The average molecular weight is 303 g/mol. The van der Waals surface area contributed by atoms with Gasteiger partial charge in [-0.3, -0.25) is 0 Å². The monoisotopic (exact) mass is 303 g/mol. The maximum absolute atomic E-state index is 11.8. The van der Waals surface area contributed by atoms with Gasteiger partial charge < -0.3 is 0 Å². The summed E-state index contributed by atoms with van der Waals surface area (Å²) in [6.07, 6.45) is 0. The molecule has 0 saturated carbocycles. The number of primary sulfonamides is 1. The van der Waals surface area contributed by atoms with E-state index in [1.807, 2.05) is 43.3 Å². The molecule has 2 rings (SSSR count). The van der Waals surface area contributed by atoms with Gasteiger partial charge >= 0.3 is 0 Å². The number of benzene rings is 2. The van der Waals surface area contributed by atoms with Crippen LogP contribution in [-0.4, -0.2) is 8.42 Å². The van der Waals surface area contributed by atoms with Crippen molar-refractivity contribution in [1.82, 2.24) is 0 Å². The van der Waals surface area contributed by atoms with Crippen molar-refractivity contribution in [2.75, 3.05) is 0 Å². The molecule has 0 heterocycles. The molecule has 3 nitrogen and oxygen atoms in total. The maximum Gasteiger partial charge on any atom is 0.238 e. The molecule has 21 heavy (non-hydrogen) atoms. The predicted octanol–water partition coefficient (Wildman–Crippen LogP) is 3.61. The number of rotatable bonds is 2. The number of hydrogen-bond acceptors (Lipinski definition) is 2. The van der Waals surface area contributed by atoms with Crippen LogP contribution in [-0.2, 0) is 15.4 Å². The van der Waals surface area contributed by atoms with Crippen LogP contribution >= 0.6 is 0 Å². The zero-order valence-electron chi connectivity index (χ0n) is 12.8. The molecule has 2 aromatic rings. The van der Waals surface area contributed by atoms with Crippen molar-refractivity contribution in [1.29, 1.82) is 0 Å². The van der Waals surface area contributed by atoms with Crippen molar-refractivity contribution < 1.29 is 8.42 Å². The summed E-state index contributed by atoms with van der Waals surface area (Å²) >= 11 is 0. The first-order chi connectivity index (χ1) is 9.62. The second-order valence-corrected chi connectivity index (χ2v) is 7.80. The minimum Gasteiger partial charge on any atom is -0.225 e. The summed E-state index contributed by atoms with van der Waals surface area (Å²) in [5.74, 6) is 0. The molecular weight excluding hydrogens is 282 g/mol. The van der Waals surface area contributed by atoms with Gasteiger partial charge in [-0.1, -0.05) is 57.2 Å². The largest absolute Gasteiger partial charge is 0.238 e. The van der Waals surface area contributed by atoms with Crippen LogP contribution in [0.3, 0.4) is 0 Å². The van der Waals surface area contributed by atoms with E-state index in [2.05, 4.69) is 20.8 Å². The Morgan fingerprint density at radius 1 is 0.952 bits per heavy atom. The first kappa shape index (κ1) is 15.7. The van der Waals surface area contributed by atoms with Crippen molar-refractivity contribution in [3.05, 3.63) is 53.6 Å². The summed E-state index contributed by atoms with van der Waals surface area (Å²) in [6.45, 7) is 8.16. The number of nitrogens with two attached hydrogens (primary N) is 1. The molecular formula is C17H21NO2S. The molecule has 2 N–H and O–H groups in total. The molecule has 0 spiro atoms. The van der Waals surface area contributed by atoms with Gasteiger partial charge in [0, 0.05) is 0 Å². The number of sulfonamides is 1. The van der Waals surface area contributed by atoms with E-state index in [0.29, 0.717) is 5.56 Å². The molecule has 0 unspecified atom stereocenters. The molecule has 0 aliphatic rings. The molecule has 0 bridgehead atoms. The lowest BCUT2D eigenvalue weighted by molar-refractivity contribution is 0.587. The molecule has 0 saturated heterocycles. The molecule has 0 atom stereocenters. The van der Waals surface area contributed by atoms with Crippen LogP contribution in [0.4, 0.5) is 0 Å². The normalized spacial score (nSPS) is 12.4. The van der Waals surface area contributed by atoms with Gasteiger partial charge in [-0.05, 0) is 40.7 Å². The third-order valence-electron chi connectivity index (χ3n) is 3.59. The molecule has 0 fully saturated rings. The molecule has 0 aliphatic heterocycles. The highest BCUT2D eigenvalue weighted by Crippen LogP contribution is 2.37. The molecule has 112 valence electrons. The van der Waals surface area contributed by atoms with Crippen LogP contribution in [0, 0.1) is 6.92 Å². The fraction of sp³-hybridized carbons (Fsp3) is 0.294. The van der Waals surface area contributed by atoms with Gasteiger partial charge in [-0.2, -0.15) is 0 Å². The van der Waals surface area contributed by atoms with Crippen molar-refractivity contribution in [3.63, 3.8) is 0 Å². The lowest BCUT2D eigenvalue weighted by atomic mass is 9.80. The van der Waals surface area contributed by atoms with Crippen molar-refractivity contribution in [3.8, 4) is 11.1 Å². The van der Waals surface area contributed by atoms with Gasteiger partial charge in [-0.25, -0.2) is 13.6 Å². The quantitative estimate of drug-likeness (QED) is 0.921.